The SMILES string of the molecule is CN1CCCN(S(=O)(=O)c2cc([N+](=O)[O-])cc(C(F)(F)F)c2N(CCBr)CCOS(C)(=O)=O)CCC1. The Kier molecular flexibility index (Phi) is 10.5. The third kappa shape index (κ3) is 8.24. The van der Waals surface area contributed by atoms with Gasteiger partial charge < -0.3 is 9.80 Å². The van der Waals surface area contributed by atoms with Crippen molar-refractivity contribution < 1.29 is 39.1 Å². The van der Waals surface area contributed by atoms with E-state index in [9.17, 15) is 40.1 Å². The lowest BCUT2D eigenvalue weighted by Crippen LogP contribution is -2.40. The molecule has 0 radical (unpaired) electrons. The van der Waals surface area contributed by atoms with Crippen molar-refractivity contribution in [1.29, 1.82) is 0 Å². The molecule has 1 aromatic rings. The number of hydrogen-bond acceptors (Lipinski definition) is 9. The molecule has 1 aliphatic heterocycles. The highest BCUT2D eigenvalue weighted by Gasteiger charge is 2.42. The fourth-order valence-corrected chi connectivity index (χ4v) is 6.39. The molecule has 206 valence electrons. The molecule has 0 aromatic heterocycles. The molecule has 0 amide bonds. The van der Waals surface area contributed by atoms with E-state index in [1.165, 1.54) is 0 Å². The first-order chi connectivity index (χ1) is 16.6. The normalized spacial score (nSPS) is 16.9. The largest absolute Gasteiger partial charge is 0.418 e. The van der Waals surface area contributed by atoms with Crippen molar-refractivity contribution >= 4 is 47.4 Å². The van der Waals surface area contributed by atoms with Gasteiger partial charge in [0.05, 0.1) is 29.0 Å². The molecular formula is C19H28BrF3N4O7S2. The molecule has 1 fully saturated rings. The molecule has 0 spiro atoms. The fourth-order valence-electron chi connectivity index (χ4n) is 3.81. The number of alkyl halides is 4. The van der Waals surface area contributed by atoms with Crippen LogP contribution in [0.2, 0.25) is 0 Å². The van der Waals surface area contributed by atoms with Crippen molar-refractivity contribution in [2.24, 2.45) is 0 Å². The summed E-state index contributed by atoms with van der Waals surface area (Å²) in [7, 11) is -6.66. The Hall–Kier alpha value is -1.53. The third-order valence-electron chi connectivity index (χ3n) is 5.42. The lowest BCUT2D eigenvalue weighted by atomic mass is 10.1. The maximum absolute atomic E-state index is 14.2. The van der Waals surface area contributed by atoms with Gasteiger partial charge in [0.2, 0.25) is 10.0 Å². The number of hydrogen-bond donors (Lipinski definition) is 0. The number of rotatable bonds is 10. The van der Waals surface area contributed by atoms with Crippen LogP contribution in [-0.4, -0.2) is 95.5 Å². The average Bonchev–Trinajstić information content (AvgIpc) is 2.73. The van der Waals surface area contributed by atoms with Crippen LogP contribution in [0, 0.1) is 10.1 Å². The second-order valence-corrected chi connectivity index (χ2v) is 12.6. The van der Waals surface area contributed by atoms with Gasteiger partial charge in [0.15, 0.2) is 0 Å². The maximum atomic E-state index is 14.2. The first-order valence-electron chi connectivity index (χ1n) is 10.8. The van der Waals surface area contributed by atoms with E-state index in [4.69, 9.17) is 0 Å². The molecular weight excluding hydrogens is 597 g/mol. The maximum Gasteiger partial charge on any atom is 0.418 e. The van der Waals surface area contributed by atoms with Gasteiger partial charge >= 0.3 is 6.18 Å². The van der Waals surface area contributed by atoms with E-state index in [2.05, 4.69) is 20.1 Å². The van der Waals surface area contributed by atoms with E-state index in [-0.39, 0.29) is 31.0 Å². The van der Waals surface area contributed by atoms with Crippen LogP contribution in [0.25, 0.3) is 0 Å². The van der Waals surface area contributed by atoms with E-state index in [1.807, 2.05) is 11.9 Å². The number of nitro groups is 1. The summed E-state index contributed by atoms with van der Waals surface area (Å²) in [4.78, 5) is 12.5. The van der Waals surface area contributed by atoms with Gasteiger partial charge in [-0.1, -0.05) is 15.9 Å². The van der Waals surface area contributed by atoms with Gasteiger partial charge in [-0.3, -0.25) is 14.3 Å². The van der Waals surface area contributed by atoms with Crippen LogP contribution >= 0.6 is 15.9 Å². The van der Waals surface area contributed by atoms with Gasteiger partial charge in [0.1, 0.15) is 4.90 Å². The molecule has 0 unspecified atom stereocenters. The number of sulfonamides is 1. The summed E-state index contributed by atoms with van der Waals surface area (Å²) in [5, 5.41) is 11.6. The van der Waals surface area contributed by atoms with Crippen LogP contribution in [-0.2, 0) is 30.5 Å². The van der Waals surface area contributed by atoms with Crippen molar-refractivity contribution in [2.75, 3.05) is 69.4 Å². The van der Waals surface area contributed by atoms with E-state index >= 15 is 0 Å². The van der Waals surface area contributed by atoms with Crippen LogP contribution in [0.15, 0.2) is 17.0 Å². The van der Waals surface area contributed by atoms with Crippen molar-refractivity contribution in [1.82, 2.24) is 9.21 Å². The standard InChI is InChI=1S/C19H28BrF3N4O7S2/c1-24-6-3-8-26(9-4-7-24)36(32,33)17-14-15(27(28)29)13-16(19(21,22)23)18(17)25(10-5-20)11-12-34-35(2,30)31/h13-14H,3-12H2,1-2H3. The molecule has 17 heteroatoms. The number of anilines is 1. The monoisotopic (exact) mass is 624 g/mol. The zero-order chi connectivity index (χ0) is 27.3. The molecule has 1 aliphatic rings. The lowest BCUT2D eigenvalue weighted by molar-refractivity contribution is -0.385. The van der Waals surface area contributed by atoms with Crippen molar-refractivity contribution in [3.8, 4) is 0 Å². The molecule has 2 rings (SSSR count). The highest BCUT2D eigenvalue weighted by molar-refractivity contribution is 9.09. The zero-order valence-electron chi connectivity index (χ0n) is 19.7. The van der Waals surface area contributed by atoms with E-state index in [1.54, 1.807) is 0 Å². The van der Waals surface area contributed by atoms with Gasteiger partial charge in [-0.25, -0.2) is 8.42 Å². The van der Waals surface area contributed by atoms with Gasteiger partial charge in [-0.2, -0.15) is 25.9 Å². The van der Waals surface area contributed by atoms with Crippen LogP contribution in [0.4, 0.5) is 24.5 Å². The summed E-state index contributed by atoms with van der Waals surface area (Å²) in [5.41, 5.74) is -3.33. The summed E-state index contributed by atoms with van der Waals surface area (Å²) in [5.74, 6) is 0. The molecule has 0 N–H and O–H groups in total. The van der Waals surface area contributed by atoms with Crippen LogP contribution < -0.4 is 4.90 Å². The number of benzene rings is 1. The first kappa shape index (κ1) is 30.7. The van der Waals surface area contributed by atoms with Gasteiger partial charge in [0, 0.05) is 43.6 Å². The lowest BCUT2D eigenvalue weighted by Gasteiger charge is -2.32. The number of halogens is 4. The molecule has 36 heavy (non-hydrogen) atoms. The molecule has 0 aliphatic carbocycles. The van der Waals surface area contributed by atoms with Gasteiger partial charge in [-0.05, 0) is 33.0 Å². The molecule has 1 saturated heterocycles. The minimum Gasteiger partial charge on any atom is -0.367 e. The van der Waals surface area contributed by atoms with E-state index < -0.39 is 66.2 Å². The third-order valence-corrected chi connectivity index (χ3v) is 8.28. The summed E-state index contributed by atoms with van der Waals surface area (Å²) >= 11 is 3.11. The smallest absolute Gasteiger partial charge is 0.367 e. The predicted molar refractivity (Wildman–Crippen MR) is 130 cm³/mol. The fraction of sp³-hybridized carbons (Fsp3) is 0.684. The number of non-ortho nitro benzene ring substituents is 1. The topological polar surface area (TPSA) is 130 Å². The Morgan fingerprint density at radius 1 is 1.11 bits per heavy atom. The van der Waals surface area contributed by atoms with Crippen molar-refractivity contribution in [2.45, 2.75) is 23.9 Å². The Morgan fingerprint density at radius 3 is 2.17 bits per heavy atom. The Bertz CT molecular complexity index is 1140. The van der Waals surface area contributed by atoms with Crippen LogP contribution in [0.1, 0.15) is 18.4 Å². The van der Waals surface area contributed by atoms with Crippen molar-refractivity contribution in [3.05, 3.63) is 27.8 Å². The predicted octanol–water partition coefficient (Wildman–Crippen LogP) is 2.51. The van der Waals surface area contributed by atoms with Gasteiger partial charge in [-0.15, -0.1) is 0 Å². The number of nitro benzene ring substituents is 1. The molecule has 0 saturated carbocycles. The Balaban J connectivity index is 2.74. The number of nitrogens with zero attached hydrogens (tertiary/aromatic N) is 4. The van der Waals surface area contributed by atoms with Crippen molar-refractivity contribution in [3.63, 3.8) is 0 Å². The highest BCUT2D eigenvalue weighted by atomic mass is 79.9. The molecule has 0 atom stereocenters. The minimum atomic E-state index is -5.15. The summed E-state index contributed by atoms with van der Waals surface area (Å²) in [6.45, 7) is 0.0295. The summed E-state index contributed by atoms with van der Waals surface area (Å²) in [6, 6.07) is 0.916. The van der Waals surface area contributed by atoms with Crippen LogP contribution in [0.3, 0.4) is 0 Å². The van der Waals surface area contributed by atoms with E-state index in [0.29, 0.717) is 32.0 Å². The Labute approximate surface area is 216 Å². The Morgan fingerprint density at radius 2 is 1.69 bits per heavy atom. The molecule has 1 aromatic carbocycles. The zero-order valence-corrected chi connectivity index (χ0v) is 22.9. The molecule has 1 heterocycles. The second kappa shape index (κ2) is 12.3. The highest BCUT2D eigenvalue weighted by Crippen LogP contribution is 2.43. The van der Waals surface area contributed by atoms with E-state index in [0.717, 1.165) is 15.5 Å². The first-order valence-corrected chi connectivity index (χ1v) is 15.2. The average molecular weight is 625 g/mol. The van der Waals surface area contributed by atoms with Crippen LogP contribution in [0.5, 0.6) is 0 Å². The summed E-state index contributed by atoms with van der Waals surface area (Å²) < 4.78 is 98.4. The quantitative estimate of drug-likeness (QED) is 0.167. The molecule has 11 nitrogen and oxygen atoms in total. The van der Waals surface area contributed by atoms with Gasteiger partial charge in [0.25, 0.3) is 15.8 Å². The molecule has 0 bridgehead atoms. The summed E-state index contributed by atoms with van der Waals surface area (Å²) in [6.07, 6.45) is -3.55. The second-order valence-electron chi connectivity index (χ2n) is 8.21. The minimum absolute atomic E-state index is 0.0196.